The Hall–Kier alpha value is -1.37. The van der Waals surface area contributed by atoms with Crippen LogP contribution in [-0.2, 0) is 14.4 Å². The maximum atomic E-state index is 11.9. The summed E-state index contributed by atoms with van der Waals surface area (Å²) in [6.07, 6.45) is -0.271. The standard InChI is InChI=1S/C11H20N2O5/c1-7(2)6-12-11(14)8-4-9(17-3)10(5-8)18-13(15)16/h7-10H,4-6H2,1-3H3,(H,12,14)/t8-,9+,10+/m1/s1. The molecule has 0 radical (unpaired) electrons. The Bertz CT molecular complexity index is 308. The maximum absolute atomic E-state index is 11.9. The summed E-state index contributed by atoms with van der Waals surface area (Å²) in [5.41, 5.74) is 0. The molecule has 1 N–H and O–H groups in total. The molecular weight excluding hydrogens is 240 g/mol. The predicted molar refractivity (Wildman–Crippen MR) is 63.2 cm³/mol. The van der Waals surface area contributed by atoms with Crippen LogP contribution in [0, 0.1) is 22.0 Å². The number of nitrogens with zero attached hydrogens (tertiary/aromatic N) is 1. The first-order valence-corrected chi connectivity index (χ1v) is 6.05. The summed E-state index contributed by atoms with van der Waals surface area (Å²) in [5, 5.41) is 12.3. The third-order valence-corrected chi connectivity index (χ3v) is 3.03. The zero-order chi connectivity index (χ0) is 13.7. The summed E-state index contributed by atoms with van der Waals surface area (Å²) in [4.78, 5) is 26.7. The van der Waals surface area contributed by atoms with Gasteiger partial charge in [-0.2, -0.15) is 0 Å². The van der Waals surface area contributed by atoms with Crippen molar-refractivity contribution in [2.45, 2.75) is 38.9 Å². The molecule has 0 heterocycles. The normalized spacial score (nSPS) is 27.2. The Kier molecular flexibility index (Phi) is 5.33. The number of hydrogen-bond acceptors (Lipinski definition) is 5. The van der Waals surface area contributed by atoms with Crippen LogP contribution in [0.3, 0.4) is 0 Å². The number of nitrogens with one attached hydrogen (secondary N) is 1. The highest BCUT2D eigenvalue weighted by atomic mass is 17.0. The molecule has 1 saturated carbocycles. The molecule has 18 heavy (non-hydrogen) atoms. The van der Waals surface area contributed by atoms with Gasteiger partial charge in [-0.25, -0.2) is 0 Å². The van der Waals surface area contributed by atoms with Crippen LogP contribution in [0.25, 0.3) is 0 Å². The first-order chi connectivity index (χ1) is 8.43. The van der Waals surface area contributed by atoms with E-state index in [0.717, 1.165) is 0 Å². The second-order valence-electron chi connectivity index (χ2n) is 4.95. The summed E-state index contributed by atoms with van der Waals surface area (Å²) in [6, 6.07) is 0. The van der Waals surface area contributed by atoms with E-state index in [0.29, 0.717) is 25.3 Å². The quantitative estimate of drug-likeness (QED) is 0.562. The highest BCUT2D eigenvalue weighted by Gasteiger charge is 2.40. The fraction of sp³-hybridized carbons (Fsp3) is 0.909. The predicted octanol–water partition coefficient (Wildman–Crippen LogP) is 0.760. The minimum atomic E-state index is -0.828. The van der Waals surface area contributed by atoms with Gasteiger partial charge < -0.3 is 14.9 Å². The van der Waals surface area contributed by atoms with Crippen LogP contribution in [0.15, 0.2) is 0 Å². The molecule has 3 atom stereocenters. The Morgan fingerprint density at radius 1 is 1.44 bits per heavy atom. The number of carbonyl (C=O) groups is 1. The third-order valence-electron chi connectivity index (χ3n) is 3.03. The highest BCUT2D eigenvalue weighted by molar-refractivity contribution is 5.79. The molecule has 0 bridgehead atoms. The maximum Gasteiger partial charge on any atom is 0.294 e. The minimum Gasteiger partial charge on any atom is -0.379 e. The summed E-state index contributed by atoms with van der Waals surface area (Å²) in [7, 11) is 1.47. The van der Waals surface area contributed by atoms with Crippen LogP contribution < -0.4 is 5.32 Å². The molecular formula is C11H20N2O5. The van der Waals surface area contributed by atoms with Gasteiger partial charge in [-0.05, 0) is 18.8 Å². The molecule has 0 aromatic heterocycles. The Morgan fingerprint density at radius 3 is 2.56 bits per heavy atom. The lowest BCUT2D eigenvalue weighted by molar-refractivity contribution is -0.770. The van der Waals surface area contributed by atoms with Crippen LogP contribution in [0.4, 0.5) is 0 Å². The lowest BCUT2D eigenvalue weighted by atomic mass is 10.1. The van der Waals surface area contributed by atoms with E-state index < -0.39 is 17.3 Å². The van der Waals surface area contributed by atoms with Crippen LogP contribution in [-0.4, -0.2) is 36.9 Å². The minimum absolute atomic E-state index is 0.0832. The van der Waals surface area contributed by atoms with Crippen molar-refractivity contribution in [3.05, 3.63) is 10.1 Å². The SMILES string of the molecule is CO[C@H]1C[C@@H](C(=O)NCC(C)C)C[C@@H]1O[N+](=O)[O-]. The van der Waals surface area contributed by atoms with Gasteiger partial charge in [0.1, 0.15) is 6.10 Å². The molecule has 0 aromatic carbocycles. The van der Waals surface area contributed by atoms with Gasteiger partial charge in [0.05, 0.1) is 6.10 Å². The molecule has 0 aromatic rings. The van der Waals surface area contributed by atoms with Crippen molar-refractivity contribution in [2.24, 2.45) is 11.8 Å². The van der Waals surface area contributed by atoms with Gasteiger partial charge >= 0.3 is 0 Å². The van der Waals surface area contributed by atoms with E-state index >= 15 is 0 Å². The lowest BCUT2D eigenvalue weighted by Crippen LogP contribution is -2.32. The van der Waals surface area contributed by atoms with Crippen LogP contribution >= 0.6 is 0 Å². The number of hydrogen-bond donors (Lipinski definition) is 1. The van der Waals surface area contributed by atoms with Gasteiger partial charge in [0.2, 0.25) is 5.91 Å². The largest absolute Gasteiger partial charge is 0.379 e. The number of methoxy groups -OCH3 is 1. The molecule has 1 rings (SSSR count). The number of ether oxygens (including phenoxy) is 1. The molecule has 7 heteroatoms. The van der Waals surface area contributed by atoms with Crippen molar-refractivity contribution in [1.82, 2.24) is 5.32 Å². The summed E-state index contributed by atoms with van der Waals surface area (Å²) >= 11 is 0. The van der Waals surface area contributed by atoms with Gasteiger partial charge in [-0.1, -0.05) is 13.8 Å². The van der Waals surface area contributed by atoms with E-state index in [9.17, 15) is 14.9 Å². The molecule has 1 aliphatic rings. The number of amides is 1. The average molecular weight is 260 g/mol. The fourth-order valence-electron chi connectivity index (χ4n) is 2.09. The van der Waals surface area contributed by atoms with Gasteiger partial charge in [0.15, 0.2) is 0 Å². The van der Waals surface area contributed by atoms with Gasteiger partial charge in [0.25, 0.3) is 5.09 Å². The highest BCUT2D eigenvalue weighted by Crippen LogP contribution is 2.30. The van der Waals surface area contributed by atoms with Crippen molar-refractivity contribution in [1.29, 1.82) is 0 Å². The molecule has 0 unspecified atom stereocenters. The second kappa shape index (κ2) is 6.53. The van der Waals surface area contributed by atoms with Crippen molar-refractivity contribution >= 4 is 5.91 Å². The van der Waals surface area contributed by atoms with Crippen molar-refractivity contribution < 1.29 is 19.5 Å². The zero-order valence-corrected chi connectivity index (χ0v) is 10.9. The molecule has 1 amide bonds. The van der Waals surface area contributed by atoms with E-state index in [4.69, 9.17) is 4.74 Å². The number of rotatable bonds is 6. The molecule has 0 aliphatic heterocycles. The summed E-state index contributed by atoms with van der Waals surface area (Å²) in [5.74, 6) is 0.0123. The first-order valence-electron chi connectivity index (χ1n) is 6.05. The van der Waals surface area contributed by atoms with Crippen molar-refractivity contribution in [3.8, 4) is 0 Å². The summed E-state index contributed by atoms with van der Waals surface area (Å²) in [6.45, 7) is 4.62. The smallest absolute Gasteiger partial charge is 0.294 e. The van der Waals surface area contributed by atoms with E-state index in [1.165, 1.54) is 7.11 Å². The van der Waals surface area contributed by atoms with Crippen LogP contribution in [0.2, 0.25) is 0 Å². The molecule has 0 spiro atoms. The molecule has 7 nitrogen and oxygen atoms in total. The van der Waals surface area contributed by atoms with E-state index in [-0.39, 0.29) is 11.8 Å². The summed E-state index contributed by atoms with van der Waals surface area (Å²) < 4.78 is 5.12. The Balaban J connectivity index is 2.49. The first kappa shape index (κ1) is 14.7. The van der Waals surface area contributed by atoms with E-state index in [1.807, 2.05) is 13.8 Å². The number of carbonyl (C=O) groups excluding carboxylic acids is 1. The average Bonchev–Trinajstić information content (AvgIpc) is 2.68. The Morgan fingerprint density at radius 2 is 2.06 bits per heavy atom. The van der Waals surface area contributed by atoms with E-state index in [2.05, 4.69) is 10.2 Å². The monoisotopic (exact) mass is 260 g/mol. The van der Waals surface area contributed by atoms with Gasteiger partial charge in [-0.3, -0.25) is 4.79 Å². The second-order valence-corrected chi connectivity index (χ2v) is 4.95. The van der Waals surface area contributed by atoms with Gasteiger partial charge in [-0.15, -0.1) is 10.1 Å². The fourth-order valence-corrected chi connectivity index (χ4v) is 2.09. The topological polar surface area (TPSA) is 90.7 Å². The van der Waals surface area contributed by atoms with Gasteiger partial charge in [0, 0.05) is 19.6 Å². The van der Waals surface area contributed by atoms with Crippen LogP contribution in [0.5, 0.6) is 0 Å². The lowest BCUT2D eigenvalue weighted by Gasteiger charge is -2.14. The molecule has 1 fully saturated rings. The van der Waals surface area contributed by atoms with E-state index in [1.54, 1.807) is 0 Å². The molecule has 0 saturated heterocycles. The van der Waals surface area contributed by atoms with Crippen molar-refractivity contribution in [2.75, 3.05) is 13.7 Å². The third kappa shape index (κ3) is 4.14. The molecule has 104 valence electrons. The Labute approximate surface area is 106 Å². The molecule has 1 aliphatic carbocycles. The zero-order valence-electron chi connectivity index (χ0n) is 10.9. The van der Waals surface area contributed by atoms with Crippen LogP contribution in [0.1, 0.15) is 26.7 Å². The van der Waals surface area contributed by atoms with Crippen molar-refractivity contribution in [3.63, 3.8) is 0 Å².